The lowest BCUT2D eigenvalue weighted by Gasteiger charge is -2.36. The third-order valence-corrected chi connectivity index (χ3v) is 4.31. The van der Waals surface area contributed by atoms with E-state index in [0.29, 0.717) is 6.04 Å². The van der Waals surface area contributed by atoms with Gasteiger partial charge in [0.05, 0.1) is 18.8 Å². The first-order valence-corrected chi connectivity index (χ1v) is 7.96. The monoisotopic (exact) mass is 290 g/mol. The van der Waals surface area contributed by atoms with E-state index < -0.39 is 0 Å². The fourth-order valence-electron chi connectivity index (χ4n) is 3.18. The summed E-state index contributed by atoms with van der Waals surface area (Å²) in [5, 5.41) is 3.64. The lowest BCUT2D eigenvalue weighted by molar-refractivity contribution is -0.0553. The standard InChI is InChI=1S/C17H26N2O2/c1-17(2)13-15(7-10-21-17)18-14-3-5-16(6-4-14)19-8-11-20-12-9-19/h3-6,15,18H,7-13H2,1-2H3. The van der Waals surface area contributed by atoms with Crippen LogP contribution in [0.5, 0.6) is 0 Å². The van der Waals surface area contributed by atoms with Gasteiger partial charge < -0.3 is 19.7 Å². The third kappa shape index (κ3) is 3.89. The van der Waals surface area contributed by atoms with E-state index in [0.717, 1.165) is 45.8 Å². The highest BCUT2D eigenvalue weighted by atomic mass is 16.5. The summed E-state index contributed by atoms with van der Waals surface area (Å²) in [5.74, 6) is 0. The number of benzene rings is 1. The van der Waals surface area contributed by atoms with Crippen molar-refractivity contribution < 1.29 is 9.47 Å². The molecule has 0 saturated carbocycles. The van der Waals surface area contributed by atoms with E-state index in [2.05, 4.69) is 48.3 Å². The molecule has 2 fully saturated rings. The highest BCUT2D eigenvalue weighted by Crippen LogP contribution is 2.27. The average Bonchev–Trinajstić information content (AvgIpc) is 2.48. The molecule has 2 heterocycles. The van der Waals surface area contributed by atoms with Crippen molar-refractivity contribution in [1.29, 1.82) is 0 Å². The highest BCUT2D eigenvalue weighted by Gasteiger charge is 2.28. The van der Waals surface area contributed by atoms with Gasteiger partial charge in [0.2, 0.25) is 0 Å². The van der Waals surface area contributed by atoms with Crippen molar-refractivity contribution in [3.63, 3.8) is 0 Å². The van der Waals surface area contributed by atoms with Crippen molar-refractivity contribution in [2.24, 2.45) is 0 Å². The molecule has 1 unspecified atom stereocenters. The van der Waals surface area contributed by atoms with Crippen LogP contribution in [-0.4, -0.2) is 44.6 Å². The van der Waals surface area contributed by atoms with Crippen molar-refractivity contribution in [3.05, 3.63) is 24.3 Å². The second-order valence-electron chi connectivity index (χ2n) is 6.59. The SMILES string of the molecule is CC1(C)CC(Nc2ccc(N3CCOCC3)cc2)CCO1. The Morgan fingerprint density at radius 3 is 2.48 bits per heavy atom. The molecule has 116 valence electrons. The van der Waals surface area contributed by atoms with Crippen LogP contribution in [0.3, 0.4) is 0 Å². The largest absolute Gasteiger partial charge is 0.382 e. The van der Waals surface area contributed by atoms with E-state index in [1.54, 1.807) is 0 Å². The summed E-state index contributed by atoms with van der Waals surface area (Å²) >= 11 is 0. The van der Waals surface area contributed by atoms with E-state index in [1.807, 2.05) is 0 Å². The molecule has 0 spiro atoms. The van der Waals surface area contributed by atoms with Crippen LogP contribution in [0.2, 0.25) is 0 Å². The Morgan fingerprint density at radius 1 is 1.10 bits per heavy atom. The lowest BCUT2D eigenvalue weighted by Crippen LogP contribution is -2.40. The summed E-state index contributed by atoms with van der Waals surface area (Å²) in [6.07, 6.45) is 2.13. The number of nitrogens with zero attached hydrogens (tertiary/aromatic N) is 1. The Balaban J connectivity index is 1.59. The van der Waals surface area contributed by atoms with Gasteiger partial charge in [0.1, 0.15) is 0 Å². The Labute approximate surface area is 127 Å². The first-order valence-electron chi connectivity index (χ1n) is 7.96. The Morgan fingerprint density at radius 2 is 1.81 bits per heavy atom. The normalized spacial score (nSPS) is 25.6. The molecule has 4 heteroatoms. The molecule has 4 nitrogen and oxygen atoms in total. The van der Waals surface area contributed by atoms with Crippen molar-refractivity contribution in [1.82, 2.24) is 0 Å². The van der Waals surface area contributed by atoms with Gasteiger partial charge >= 0.3 is 0 Å². The smallest absolute Gasteiger partial charge is 0.0646 e. The second kappa shape index (κ2) is 6.24. The topological polar surface area (TPSA) is 33.7 Å². The molecule has 0 radical (unpaired) electrons. The van der Waals surface area contributed by atoms with Gasteiger partial charge in [-0.05, 0) is 51.0 Å². The summed E-state index contributed by atoms with van der Waals surface area (Å²) in [6, 6.07) is 9.29. The fraction of sp³-hybridized carbons (Fsp3) is 0.647. The van der Waals surface area contributed by atoms with Crippen LogP contribution < -0.4 is 10.2 Å². The second-order valence-corrected chi connectivity index (χ2v) is 6.59. The van der Waals surface area contributed by atoms with Gasteiger partial charge in [0, 0.05) is 37.1 Å². The molecule has 0 amide bonds. The number of anilines is 2. The minimum Gasteiger partial charge on any atom is -0.382 e. The minimum atomic E-state index is -0.0103. The zero-order valence-corrected chi connectivity index (χ0v) is 13.1. The average molecular weight is 290 g/mol. The molecule has 1 aromatic carbocycles. The van der Waals surface area contributed by atoms with Crippen LogP contribution in [0.15, 0.2) is 24.3 Å². The van der Waals surface area contributed by atoms with E-state index in [9.17, 15) is 0 Å². The molecule has 1 N–H and O–H groups in total. The molecule has 21 heavy (non-hydrogen) atoms. The number of hydrogen-bond acceptors (Lipinski definition) is 4. The van der Waals surface area contributed by atoms with E-state index >= 15 is 0 Å². The Hall–Kier alpha value is -1.26. The first kappa shape index (κ1) is 14.7. The predicted molar refractivity (Wildman–Crippen MR) is 86.1 cm³/mol. The molecule has 2 saturated heterocycles. The molecule has 0 bridgehead atoms. The zero-order chi connectivity index (χ0) is 14.7. The van der Waals surface area contributed by atoms with E-state index in [1.165, 1.54) is 11.4 Å². The zero-order valence-electron chi connectivity index (χ0n) is 13.1. The highest BCUT2D eigenvalue weighted by molar-refractivity contribution is 5.55. The maximum absolute atomic E-state index is 5.77. The van der Waals surface area contributed by atoms with Gasteiger partial charge in [-0.15, -0.1) is 0 Å². The maximum Gasteiger partial charge on any atom is 0.0646 e. The molecule has 2 aliphatic heterocycles. The van der Waals surface area contributed by atoms with Crippen LogP contribution in [0.4, 0.5) is 11.4 Å². The van der Waals surface area contributed by atoms with Gasteiger partial charge in [-0.2, -0.15) is 0 Å². The summed E-state index contributed by atoms with van der Waals surface area (Å²) in [4.78, 5) is 2.38. The summed E-state index contributed by atoms with van der Waals surface area (Å²) in [5.41, 5.74) is 2.48. The van der Waals surface area contributed by atoms with Gasteiger partial charge in [-0.3, -0.25) is 0 Å². The molecule has 2 aliphatic rings. The molecule has 0 aliphatic carbocycles. The molecule has 1 aromatic rings. The minimum absolute atomic E-state index is 0.0103. The van der Waals surface area contributed by atoms with E-state index in [4.69, 9.17) is 9.47 Å². The van der Waals surface area contributed by atoms with Gasteiger partial charge in [-0.1, -0.05) is 0 Å². The summed E-state index contributed by atoms with van der Waals surface area (Å²) < 4.78 is 11.2. The summed E-state index contributed by atoms with van der Waals surface area (Å²) in [7, 11) is 0. The van der Waals surface area contributed by atoms with Crippen LogP contribution in [0.25, 0.3) is 0 Å². The van der Waals surface area contributed by atoms with Crippen molar-refractivity contribution in [2.45, 2.75) is 38.3 Å². The molecular formula is C17H26N2O2. The third-order valence-electron chi connectivity index (χ3n) is 4.31. The van der Waals surface area contributed by atoms with Gasteiger partial charge in [-0.25, -0.2) is 0 Å². The van der Waals surface area contributed by atoms with Crippen LogP contribution >= 0.6 is 0 Å². The van der Waals surface area contributed by atoms with Gasteiger partial charge in [0.25, 0.3) is 0 Å². The van der Waals surface area contributed by atoms with E-state index in [-0.39, 0.29) is 5.60 Å². The van der Waals surface area contributed by atoms with Gasteiger partial charge in [0.15, 0.2) is 0 Å². The molecule has 1 atom stereocenters. The van der Waals surface area contributed by atoms with Crippen LogP contribution in [0, 0.1) is 0 Å². The van der Waals surface area contributed by atoms with Crippen LogP contribution in [0.1, 0.15) is 26.7 Å². The van der Waals surface area contributed by atoms with Crippen molar-refractivity contribution in [3.8, 4) is 0 Å². The quantitative estimate of drug-likeness (QED) is 0.928. The molecule has 3 rings (SSSR count). The molecular weight excluding hydrogens is 264 g/mol. The fourth-order valence-corrected chi connectivity index (χ4v) is 3.18. The Kier molecular flexibility index (Phi) is 4.36. The Bertz CT molecular complexity index is 452. The number of hydrogen-bond donors (Lipinski definition) is 1. The number of rotatable bonds is 3. The number of ether oxygens (including phenoxy) is 2. The van der Waals surface area contributed by atoms with Crippen molar-refractivity contribution in [2.75, 3.05) is 43.1 Å². The lowest BCUT2D eigenvalue weighted by atomic mass is 9.94. The maximum atomic E-state index is 5.77. The number of morpholine rings is 1. The van der Waals surface area contributed by atoms with Crippen molar-refractivity contribution >= 4 is 11.4 Å². The summed E-state index contributed by atoms with van der Waals surface area (Å²) in [6.45, 7) is 8.82. The van der Waals surface area contributed by atoms with Crippen LogP contribution in [-0.2, 0) is 9.47 Å². The number of nitrogens with one attached hydrogen (secondary N) is 1. The molecule has 0 aromatic heterocycles. The predicted octanol–water partition coefficient (Wildman–Crippen LogP) is 2.89. The first-order chi connectivity index (χ1) is 10.1.